The molecule has 1 atom stereocenters. The number of nitrogens with zero attached hydrogens (tertiary/aromatic N) is 1. The van der Waals surface area contributed by atoms with Crippen LogP contribution in [-0.2, 0) is 11.3 Å². The van der Waals surface area contributed by atoms with Gasteiger partial charge in [-0.25, -0.2) is 13.2 Å². The van der Waals surface area contributed by atoms with E-state index < -0.39 is 30.3 Å². The Labute approximate surface area is 173 Å². The number of anilines is 1. The topological polar surface area (TPSA) is 60.3 Å². The van der Waals surface area contributed by atoms with E-state index in [4.69, 9.17) is 16.3 Å². The zero-order valence-electron chi connectivity index (χ0n) is 15.0. The third-order valence-electron chi connectivity index (χ3n) is 4.12. The van der Waals surface area contributed by atoms with E-state index in [0.29, 0.717) is 21.1 Å². The molecule has 29 heavy (non-hydrogen) atoms. The van der Waals surface area contributed by atoms with Gasteiger partial charge in [0.1, 0.15) is 4.34 Å². The summed E-state index contributed by atoms with van der Waals surface area (Å²) in [5.41, 5.74) is -0.822. The number of pyridine rings is 1. The number of ether oxygens (including phenoxy) is 1. The first-order valence-corrected chi connectivity index (χ1v) is 9.91. The third kappa shape index (κ3) is 5.63. The summed E-state index contributed by atoms with van der Waals surface area (Å²) < 4.78 is 45.0. The minimum absolute atomic E-state index is 0.107. The van der Waals surface area contributed by atoms with Crippen LogP contribution in [-0.4, -0.2) is 30.1 Å². The number of amides is 1. The van der Waals surface area contributed by atoms with Crippen molar-refractivity contribution in [1.82, 2.24) is 4.57 Å². The molecule has 1 fully saturated rings. The summed E-state index contributed by atoms with van der Waals surface area (Å²) in [4.78, 5) is 24.2. The number of nitrogens with one attached hydrogen (secondary N) is 1. The summed E-state index contributed by atoms with van der Waals surface area (Å²) in [7, 11) is 0. The van der Waals surface area contributed by atoms with E-state index >= 15 is 0 Å². The number of carbonyl (C=O) groups is 1. The molecular weight excluding hydrogens is 429 g/mol. The number of carbonyl (C=O) groups excluding carboxylic acids is 1. The Kier molecular flexibility index (Phi) is 7.00. The summed E-state index contributed by atoms with van der Waals surface area (Å²) in [6.07, 6.45) is -0.00433. The normalized spacial score (nSPS) is 16.4. The number of hydrogen-bond donors (Lipinski definition) is 1. The third-order valence-corrected chi connectivity index (χ3v) is 5.47. The van der Waals surface area contributed by atoms with Crippen molar-refractivity contribution in [3.63, 3.8) is 0 Å². The molecule has 3 heterocycles. The molecule has 10 heteroatoms. The van der Waals surface area contributed by atoms with Crippen LogP contribution in [0.1, 0.15) is 28.1 Å². The van der Waals surface area contributed by atoms with Crippen LogP contribution in [0.2, 0.25) is 4.34 Å². The van der Waals surface area contributed by atoms with Crippen molar-refractivity contribution in [3.8, 4) is 11.8 Å². The van der Waals surface area contributed by atoms with Gasteiger partial charge in [0.05, 0.1) is 29.3 Å². The zero-order chi connectivity index (χ0) is 21.0. The van der Waals surface area contributed by atoms with Crippen molar-refractivity contribution in [2.24, 2.45) is 5.92 Å². The Morgan fingerprint density at radius 1 is 1.45 bits per heavy atom. The molecule has 2 aromatic rings. The molecule has 0 spiro atoms. The molecule has 3 rings (SSSR count). The van der Waals surface area contributed by atoms with E-state index in [0.717, 1.165) is 43.0 Å². The van der Waals surface area contributed by atoms with Gasteiger partial charge in [-0.05, 0) is 18.9 Å². The number of halogens is 4. The van der Waals surface area contributed by atoms with Crippen LogP contribution in [0.25, 0.3) is 0 Å². The van der Waals surface area contributed by atoms with E-state index in [1.165, 1.54) is 6.07 Å². The van der Waals surface area contributed by atoms with Gasteiger partial charge in [-0.1, -0.05) is 23.4 Å². The van der Waals surface area contributed by atoms with E-state index in [-0.39, 0.29) is 16.5 Å². The van der Waals surface area contributed by atoms with Crippen molar-refractivity contribution in [2.45, 2.75) is 25.8 Å². The van der Waals surface area contributed by atoms with Crippen molar-refractivity contribution in [2.75, 3.05) is 18.5 Å². The van der Waals surface area contributed by atoms with Gasteiger partial charge >= 0.3 is 0 Å². The van der Waals surface area contributed by atoms with Crippen molar-refractivity contribution in [1.29, 1.82) is 0 Å². The fourth-order valence-electron chi connectivity index (χ4n) is 2.74. The maximum atomic E-state index is 13.7. The molecule has 0 aliphatic carbocycles. The molecule has 154 valence electrons. The highest BCUT2D eigenvalue weighted by molar-refractivity contribution is 7.18. The molecule has 1 aliphatic heterocycles. The standard InChI is InChI=1S/C19H16ClF3N2O3S/c20-17-12(4-3-11-2-1-5-28-10-11)6-15(29-17)18(26)24-13-7-14(21)19(27)25(8-13)9-16(22)23/h6-8,11,16H,1-2,5,9-10H2,(H,24,26). The first kappa shape index (κ1) is 21.4. The molecule has 1 N–H and O–H groups in total. The number of thiophene rings is 1. The van der Waals surface area contributed by atoms with Gasteiger partial charge in [0.25, 0.3) is 17.9 Å². The van der Waals surface area contributed by atoms with E-state index in [1.54, 1.807) is 0 Å². The maximum absolute atomic E-state index is 13.7. The molecule has 1 aliphatic rings. The van der Waals surface area contributed by atoms with Crippen molar-refractivity contribution >= 4 is 34.5 Å². The first-order valence-electron chi connectivity index (χ1n) is 8.71. The molecule has 1 saturated heterocycles. The number of alkyl halides is 2. The molecule has 0 radical (unpaired) electrons. The van der Waals surface area contributed by atoms with Crippen molar-refractivity contribution < 1.29 is 22.7 Å². The average molecular weight is 445 g/mol. The van der Waals surface area contributed by atoms with E-state index in [9.17, 15) is 22.8 Å². The van der Waals surface area contributed by atoms with Gasteiger partial charge in [-0.2, -0.15) is 0 Å². The Morgan fingerprint density at radius 3 is 2.93 bits per heavy atom. The summed E-state index contributed by atoms with van der Waals surface area (Å²) in [5.74, 6) is 4.27. The predicted molar refractivity (Wildman–Crippen MR) is 104 cm³/mol. The second-order valence-corrected chi connectivity index (χ2v) is 8.02. The lowest BCUT2D eigenvalue weighted by Crippen LogP contribution is -2.26. The largest absolute Gasteiger partial charge is 0.380 e. The van der Waals surface area contributed by atoms with Crippen LogP contribution in [0.5, 0.6) is 0 Å². The van der Waals surface area contributed by atoms with Crippen LogP contribution in [0.3, 0.4) is 0 Å². The number of rotatable bonds is 4. The lowest BCUT2D eigenvalue weighted by Gasteiger charge is -2.16. The van der Waals surface area contributed by atoms with Crippen LogP contribution in [0.4, 0.5) is 18.9 Å². The van der Waals surface area contributed by atoms with Gasteiger partial charge in [0, 0.05) is 24.8 Å². The van der Waals surface area contributed by atoms with Gasteiger partial charge < -0.3 is 14.6 Å². The summed E-state index contributed by atoms with van der Waals surface area (Å²) in [5, 5.41) is 2.39. The molecule has 5 nitrogen and oxygen atoms in total. The van der Waals surface area contributed by atoms with Gasteiger partial charge in [0.2, 0.25) is 0 Å². The SMILES string of the molecule is O=C(Nc1cc(F)c(=O)n(CC(F)F)c1)c1cc(C#CC2CCCOC2)c(Cl)s1. The Morgan fingerprint density at radius 2 is 2.24 bits per heavy atom. The Bertz CT molecular complexity index is 1020. The van der Waals surface area contributed by atoms with Crippen LogP contribution in [0.15, 0.2) is 23.1 Å². The Hall–Kier alpha value is -2.28. The van der Waals surface area contributed by atoms with E-state index in [2.05, 4.69) is 17.2 Å². The van der Waals surface area contributed by atoms with Crippen LogP contribution in [0, 0.1) is 23.6 Å². The molecule has 0 saturated carbocycles. The second-order valence-electron chi connectivity index (χ2n) is 6.36. The summed E-state index contributed by atoms with van der Waals surface area (Å²) >= 11 is 7.14. The van der Waals surface area contributed by atoms with Gasteiger partial charge in [-0.15, -0.1) is 11.3 Å². The maximum Gasteiger partial charge on any atom is 0.286 e. The lowest BCUT2D eigenvalue weighted by molar-refractivity contribution is 0.0740. The molecule has 0 bridgehead atoms. The highest BCUT2D eigenvalue weighted by Crippen LogP contribution is 2.28. The van der Waals surface area contributed by atoms with Crippen molar-refractivity contribution in [3.05, 3.63) is 49.3 Å². The second kappa shape index (κ2) is 9.48. The van der Waals surface area contributed by atoms with Crippen LogP contribution >= 0.6 is 22.9 Å². The monoisotopic (exact) mass is 444 g/mol. The molecule has 1 unspecified atom stereocenters. The lowest BCUT2D eigenvalue weighted by atomic mass is 10.0. The van der Waals surface area contributed by atoms with Crippen LogP contribution < -0.4 is 10.9 Å². The van der Waals surface area contributed by atoms with E-state index in [1.807, 2.05) is 0 Å². The Balaban J connectivity index is 1.75. The number of hydrogen-bond acceptors (Lipinski definition) is 4. The molecule has 2 aromatic heterocycles. The van der Waals surface area contributed by atoms with Gasteiger partial charge in [0.15, 0.2) is 5.82 Å². The predicted octanol–water partition coefficient (Wildman–Crippen LogP) is 4.00. The highest BCUT2D eigenvalue weighted by atomic mass is 35.5. The van der Waals surface area contributed by atoms with Gasteiger partial charge in [-0.3, -0.25) is 9.59 Å². The minimum Gasteiger partial charge on any atom is -0.380 e. The quantitative estimate of drug-likeness (QED) is 0.725. The smallest absolute Gasteiger partial charge is 0.286 e. The fourth-order valence-corrected chi connectivity index (χ4v) is 3.83. The first-order chi connectivity index (χ1) is 13.8. The number of aromatic nitrogens is 1. The summed E-state index contributed by atoms with van der Waals surface area (Å²) in [6, 6.07) is 2.28. The molecular formula is C19H16ClF3N2O3S. The fraction of sp³-hybridized carbons (Fsp3) is 0.368. The minimum atomic E-state index is -2.84. The molecule has 0 aromatic carbocycles. The highest BCUT2D eigenvalue weighted by Gasteiger charge is 2.16. The summed E-state index contributed by atoms with van der Waals surface area (Å²) in [6.45, 7) is 0.309. The average Bonchev–Trinajstić information content (AvgIpc) is 3.05. The molecule has 1 amide bonds. The zero-order valence-corrected chi connectivity index (χ0v) is 16.6.